The van der Waals surface area contributed by atoms with Crippen LogP contribution in [0, 0.1) is 0 Å². The van der Waals surface area contributed by atoms with Crippen molar-refractivity contribution in [3.05, 3.63) is 119 Å². The van der Waals surface area contributed by atoms with Crippen LogP contribution in [0.5, 0.6) is 0 Å². The fourth-order valence-corrected chi connectivity index (χ4v) is 5.25. The van der Waals surface area contributed by atoms with E-state index in [1.807, 2.05) is 24.3 Å². The van der Waals surface area contributed by atoms with E-state index in [0.29, 0.717) is 33.6 Å². The number of carbonyl (C=O) groups is 6. The van der Waals surface area contributed by atoms with Crippen LogP contribution in [0.25, 0.3) is 11.1 Å². The van der Waals surface area contributed by atoms with Crippen molar-refractivity contribution in [2.45, 2.75) is 12.8 Å². The molecule has 0 radical (unpaired) electrons. The molecule has 0 aliphatic carbocycles. The highest BCUT2D eigenvalue weighted by atomic mass is 16.2. The number of hydrogen-bond donors (Lipinski definition) is 2. The lowest BCUT2D eigenvalue weighted by Crippen LogP contribution is -2.32. The lowest BCUT2D eigenvalue weighted by atomic mass is 10.0. The molecule has 6 rings (SSSR count). The minimum atomic E-state index is -0.394. The average molecular weight is 587 g/mol. The fourth-order valence-electron chi connectivity index (χ4n) is 5.25. The molecule has 0 fully saturated rings. The smallest absolute Gasteiger partial charge is 0.261 e. The molecule has 2 heterocycles. The molecule has 0 saturated carbocycles. The zero-order valence-corrected chi connectivity index (χ0v) is 23.4. The summed E-state index contributed by atoms with van der Waals surface area (Å²) in [6.45, 7) is -0.0240. The van der Waals surface area contributed by atoms with Gasteiger partial charge < -0.3 is 10.6 Å². The fraction of sp³-hybridized carbons (Fsp3) is 0.118. The van der Waals surface area contributed by atoms with Gasteiger partial charge in [-0.2, -0.15) is 0 Å². The summed E-state index contributed by atoms with van der Waals surface area (Å²) in [6, 6.07) is 27.6. The molecular formula is C34H26N4O6. The second-order valence-electron chi connectivity index (χ2n) is 10.4. The summed E-state index contributed by atoms with van der Waals surface area (Å²) < 4.78 is 0. The number of nitrogens with one attached hydrogen (secondary N) is 2. The van der Waals surface area contributed by atoms with Crippen LogP contribution in [0.3, 0.4) is 0 Å². The summed E-state index contributed by atoms with van der Waals surface area (Å²) in [7, 11) is 0. The van der Waals surface area contributed by atoms with Crippen molar-refractivity contribution in [2.24, 2.45) is 0 Å². The first-order chi connectivity index (χ1) is 21.3. The molecule has 218 valence electrons. The third kappa shape index (κ3) is 5.48. The van der Waals surface area contributed by atoms with Crippen LogP contribution in [0.4, 0.5) is 11.4 Å². The van der Waals surface area contributed by atoms with Gasteiger partial charge in [0.15, 0.2) is 0 Å². The van der Waals surface area contributed by atoms with Crippen LogP contribution in [0.1, 0.15) is 54.3 Å². The second kappa shape index (κ2) is 11.8. The van der Waals surface area contributed by atoms with Crippen LogP contribution in [0.15, 0.2) is 97.1 Å². The molecule has 6 amide bonds. The van der Waals surface area contributed by atoms with Crippen LogP contribution in [-0.4, -0.2) is 58.3 Å². The van der Waals surface area contributed by atoms with Gasteiger partial charge in [0.25, 0.3) is 23.6 Å². The molecule has 10 heteroatoms. The minimum Gasteiger partial charge on any atom is -0.326 e. The summed E-state index contributed by atoms with van der Waals surface area (Å²) in [5.41, 5.74) is 4.32. The highest BCUT2D eigenvalue weighted by molar-refractivity contribution is 6.22. The van der Waals surface area contributed by atoms with E-state index in [2.05, 4.69) is 10.6 Å². The van der Waals surface area contributed by atoms with E-state index >= 15 is 0 Å². The number of amides is 6. The van der Waals surface area contributed by atoms with Crippen molar-refractivity contribution >= 4 is 46.8 Å². The van der Waals surface area contributed by atoms with Gasteiger partial charge in [0, 0.05) is 37.3 Å². The summed E-state index contributed by atoms with van der Waals surface area (Å²) in [4.78, 5) is 77.2. The van der Waals surface area contributed by atoms with Crippen LogP contribution >= 0.6 is 0 Å². The van der Waals surface area contributed by atoms with Gasteiger partial charge in [0.1, 0.15) is 0 Å². The molecule has 2 aliphatic rings. The Balaban J connectivity index is 0.975. The number of benzene rings is 4. The summed E-state index contributed by atoms with van der Waals surface area (Å²) in [6.07, 6.45) is -0.0581. The summed E-state index contributed by atoms with van der Waals surface area (Å²) >= 11 is 0. The van der Waals surface area contributed by atoms with E-state index in [0.717, 1.165) is 20.9 Å². The first-order valence-electron chi connectivity index (χ1n) is 14.0. The first kappa shape index (κ1) is 28.2. The maximum atomic E-state index is 12.5. The van der Waals surface area contributed by atoms with Crippen LogP contribution < -0.4 is 10.6 Å². The third-order valence-electron chi connectivity index (χ3n) is 7.55. The molecule has 0 atom stereocenters. The number of carbonyl (C=O) groups excluding carboxylic acids is 6. The van der Waals surface area contributed by atoms with E-state index in [-0.39, 0.29) is 37.7 Å². The van der Waals surface area contributed by atoms with Crippen molar-refractivity contribution in [3.63, 3.8) is 0 Å². The number of rotatable bonds is 9. The van der Waals surface area contributed by atoms with Crippen molar-refractivity contribution in [3.8, 4) is 11.1 Å². The van der Waals surface area contributed by atoms with Gasteiger partial charge in [-0.25, -0.2) is 0 Å². The van der Waals surface area contributed by atoms with Crippen molar-refractivity contribution in [1.82, 2.24) is 9.80 Å². The van der Waals surface area contributed by atoms with E-state index in [1.54, 1.807) is 72.8 Å². The topological polar surface area (TPSA) is 133 Å². The molecular weight excluding hydrogens is 560 g/mol. The summed E-state index contributed by atoms with van der Waals surface area (Å²) in [5.74, 6) is -2.22. The number of nitrogens with zero attached hydrogens (tertiary/aromatic N) is 2. The standard InChI is InChI=1S/C34H26N4O6/c39-29(17-19-37-31(41)25-5-1-2-6-26(25)32(37)42)35-23-13-9-21(10-14-23)22-11-15-24(16-12-22)36-30(40)18-20-38-33(43)27-7-3-4-8-28(27)34(38)44/h1-16H,17-20H2,(H,35,39)(H,36,40). The normalized spacial score (nSPS) is 13.6. The lowest BCUT2D eigenvalue weighted by Gasteiger charge is -2.14. The lowest BCUT2D eigenvalue weighted by molar-refractivity contribution is -0.117. The molecule has 44 heavy (non-hydrogen) atoms. The van der Waals surface area contributed by atoms with Crippen molar-refractivity contribution in [1.29, 1.82) is 0 Å². The molecule has 4 aromatic rings. The minimum absolute atomic E-state index is 0.0120. The number of imide groups is 2. The Hall–Kier alpha value is -5.90. The van der Waals surface area contributed by atoms with Crippen LogP contribution in [-0.2, 0) is 9.59 Å². The second-order valence-corrected chi connectivity index (χ2v) is 10.4. The van der Waals surface area contributed by atoms with Gasteiger partial charge in [-0.3, -0.25) is 38.6 Å². The van der Waals surface area contributed by atoms with Gasteiger partial charge in [-0.15, -0.1) is 0 Å². The highest BCUT2D eigenvalue weighted by Crippen LogP contribution is 2.26. The van der Waals surface area contributed by atoms with Crippen molar-refractivity contribution < 1.29 is 28.8 Å². The molecule has 2 aliphatic heterocycles. The number of fused-ring (bicyclic) bond motifs is 2. The Morgan fingerprint density at radius 2 is 0.750 bits per heavy atom. The Kier molecular flexibility index (Phi) is 7.55. The zero-order valence-electron chi connectivity index (χ0n) is 23.4. The Labute approximate surface area is 252 Å². The average Bonchev–Trinajstić information content (AvgIpc) is 3.43. The van der Waals surface area contributed by atoms with Gasteiger partial charge >= 0.3 is 0 Å². The van der Waals surface area contributed by atoms with E-state index in [9.17, 15) is 28.8 Å². The Morgan fingerprint density at radius 3 is 1.05 bits per heavy atom. The third-order valence-corrected chi connectivity index (χ3v) is 7.55. The number of anilines is 2. The highest BCUT2D eigenvalue weighted by Gasteiger charge is 2.36. The molecule has 0 aromatic heterocycles. The largest absolute Gasteiger partial charge is 0.326 e. The predicted molar refractivity (Wildman–Crippen MR) is 162 cm³/mol. The van der Waals surface area contributed by atoms with Gasteiger partial charge in [-0.05, 0) is 59.7 Å². The first-order valence-corrected chi connectivity index (χ1v) is 14.0. The molecule has 0 spiro atoms. The van der Waals surface area contributed by atoms with Gasteiger partial charge in [0.2, 0.25) is 11.8 Å². The molecule has 4 aromatic carbocycles. The monoisotopic (exact) mass is 586 g/mol. The van der Waals surface area contributed by atoms with E-state index in [1.165, 1.54) is 0 Å². The molecule has 10 nitrogen and oxygen atoms in total. The van der Waals surface area contributed by atoms with E-state index in [4.69, 9.17) is 0 Å². The predicted octanol–water partition coefficient (Wildman–Crippen LogP) is 4.60. The molecule has 0 bridgehead atoms. The maximum Gasteiger partial charge on any atom is 0.261 e. The van der Waals surface area contributed by atoms with Crippen molar-refractivity contribution in [2.75, 3.05) is 23.7 Å². The SMILES string of the molecule is O=C(CCN1C(=O)c2ccccc2C1=O)Nc1ccc(-c2ccc(NC(=O)CCN3C(=O)c4ccccc4C3=O)cc2)cc1. The quantitative estimate of drug-likeness (QED) is 0.276. The van der Waals surface area contributed by atoms with Gasteiger partial charge in [-0.1, -0.05) is 48.5 Å². The maximum absolute atomic E-state index is 12.5. The molecule has 2 N–H and O–H groups in total. The summed E-state index contributed by atoms with van der Waals surface area (Å²) in [5, 5.41) is 5.58. The Morgan fingerprint density at radius 1 is 0.455 bits per heavy atom. The zero-order chi connectivity index (χ0) is 30.8. The molecule has 0 unspecified atom stereocenters. The van der Waals surface area contributed by atoms with Gasteiger partial charge in [0.05, 0.1) is 22.3 Å². The van der Waals surface area contributed by atoms with Crippen LogP contribution in [0.2, 0.25) is 0 Å². The van der Waals surface area contributed by atoms with E-state index < -0.39 is 23.6 Å². The molecule has 0 saturated heterocycles. The number of hydrogen-bond acceptors (Lipinski definition) is 6. The Bertz CT molecular complexity index is 1630.